The smallest absolute Gasteiger partial charge is 0.305 e. The van der Waals surface area contributed by atoms with Crippen molar-refractivity contribution in [3.8, 4) is 0 Å². The highest BCUT2D eigenvalue weighted by atomic mass is 16.4. The van der Waals surface area contributed by atoms with Gasteiger partial charge in [-0.25, -0.2) is 0 Å². The van der Waals surface area contributed by atoms with Crippen molar-refractivity contribution in [3.63, 3.8) is 0 Å². The minimum Gasteiger partial charge on any atom is -0.481 e. The largest absolute Gasteiger partial charge is 0.481 e. The number of hydrogen-bond acceptors (Lipinski definition) is 14. The van der Waals surface area contributed by atoms with Crippen LogP contribution in [0.4, 0.5) is 0 Å². The Morgan fingerprint density at radius 2 is 1.00 bits per heavy atom. The number of para-hydroxylation sites is 2. The average Bonchev–Trinajstić information content (AvgIpc) is 1.95. The van der Waals surface area contributed by atoms with Gasteiger partial charge in [0.1, 0.15) is 54.4 Å². The first-order chi connectivity index (χ1) is 43.7. The van der Waals surface area contributed by atoms with Gasteiger partial charge in [0.05, 0.1) is 25.9 Å². The number of carboxylic acids is 2. The molecular weight excluding hydrogens is 1200 g/mol. The zero-order chi connectivity index (χ0) is 67.5. The van der Waals surface area contributed by atoms with Crippen molar-refractivity contribution in [3.05, 3.63) is 72.1 Å². The molecule has 4 heterocycles. The van der Waals surface area contributed by atoms with Gasteiger partial charge in [-0.1, -0.05) is 90.8 Å². The van der Waals surface area contributed by atoms with Gasteiger partial charge in [0, 0.05) is 60.0 Å². The van der Waals surface area contributed by atoms with Crippen LogP contribution in [0.1, 0.15) is 110 Å². The van der Waals surface area contributed by atoms with Crippen LogP contribution >= 0.6 is 0 Å². The van der Waals surface area contributed by atoms with Crippen molar-refractivity contribution in [2.45, 2.75) is 167 Å². The van der Waals surface area contributed by atoms with E-state index in [1.165, 1.54) is 4.90 Å². The van der Waals surface area contributed by atoms with Gasteiger partial charge in [-0.3, -0.25) is 67.1 Å². The number of aromatic amines is 2. The number of nitrogens with one attached hydrogen (secondary N) is 12. The number of amides is 12. The molecule has 16 N–H and O–H groups in total. The number of carboxylic acid groups (broad SMARTS) is 2. The molecule has 2 saturated heterocycles. The van der Waals surface area contributed by atoms with Crippen LogP contribution in [0.3, 0.4) is 0 Å². The summed E-state index contributed by atoms with van der Waals surface area (Å²) in [5, 5.41) is 46.2. The number of H-pyrrole nitrogens is 2. The SMILES string of the molecule is CC[C@H](C)[C@@H]1NC(=O)[C@H](Cc2c[nH]c3ccccc23)NC(=O)[C@H](CCC(=O)O)NC(=O)CNC(=O)[C@H](CC(C)C)NC(=O)[C@H](Cc2c[nH]c3ccccc23)NC(=O)[C@H](CC(N)=O)NC(=O)[C@@H](CC(=O)O)NC(=O)[C@@H]2CCCN2C(=O)[C@H]([C@@H](C)CC)NC(=O)CNC1=O. The fourth-order valence-electron chi connectivity index (χ4n) is 11.0. The van der Waals surface area contributed by atoms with Gasteiger partial charge in [-0.05, 0) is 66.7 Å². The molecule has 0 saturated carbocycles. The molecule has 2 fully saturated rings. The van der Waals surface area contributed by atoms with Crippen LogP contribution in [0.2, 0.25) is 0 Å². The molecule has 0 unspecified atom stereocenters. The highest BCUT2D eigenvalue weighted by Gasteiger charge is 2.42. The number of carbonyl (C=O) groups is 14. The highest BCUT2D eigenvalue weighted by Crippen LogP contribution is 2.24. The third-order valence-electron chi connectivity index (χ3n) is 16.4. The standard InChI is InChI=1S/C62H84N14O16/c1-7-32(5)52-61(91)67-30-49(79)74-53(33(6)8-2)62(92)76-21-13-18-46(76)60(90)73-45(26-51(82)83)58(88)72-44(25-47(63)77)57(87)71-42(23-34-27-64-38-16-11-9-14-36(34)38)56(86)69-41(22-31(3)4)54(84)66-29-48(78)68-40(19-20-50(80)81)55(85)70-43(59(89)75-52)24-35-28-65-39-17-12-10-15-37(35)39/h9-12,14-17,27-28,31-33,40-46,52-53,64-65H,7-8,13,18-26,29-30H2,1-6H3,(H2,63,77)(H,66,84)(H,67,91)(H,68,78)(H,69,86)(H,70,85)(H,71,87)(H,72,88)(H,73,90)(H,74,79)(H,75,89)(H,80,81)(H,82,83)/t32-,33-,40-,41-,42-,43-,44-,45+,46-,52-,53-/m0/s1. The summed E-state index contributed by atoms with van der Waals surface area (Å²) in [6.45, 7) is 8.68. The van der Waals surface area contributed by atoms with Crippen LogP contribution in [0.5, 0.6) is 0 Å². The lowest BCUT2D eigenvalue weighted by atomic mass is 9.96. The zero-order valence-electron chi connectivity index (χ0n) is 52.2. The molecule has 0 radical (unpaired) electrons. The summed E-state index contributed by atoms with van der Waals surface area (Å²) < 4.78 is 0. The maximum atomic E-state index is 14.7. The van der Waals surface area contributed by atoms with E-state index in [2.05, 4.69) is 63.1 Å². The molecule has 0 spiro atoms. The molecule has 0 aliphatic carbocycles. The minimum atomic E-state index is -1.95. The Labute approximate surface area is 529 Å². The molecule has 11 atom stereocenters. The molecule has 0 bridgehead atoms. The van der Waals surface area contributed by atoms with E-state index in [1.807, 2.05) is 0 Å². The number of hydrogen-bond donors (Lipinski definition) is 15. The zero-order valence-corrected chi connectivity index (χ0v) is 52.2. The number of aromatic nitrogens is 2. The summed E-state index contributed by atoms with van der Waals surface area (Å²) in [6.07, 6.45) is 0.388. The molecule has 92 heavy (non-hydrogen) atoms. The topological polar surface area (TPSA) is 461 Å². The van der Waals surface area contributed by atoms with Crippen LogP contribution < -0.4 is 58.9 Å². The maximum Gasteiger partial charge on any atom is 0.305 e. The van der Waals surface area contributed by atoms with Crippen molar-refractivity contribution in [2.75, 3.05) is 19.6 Å². The summed E-state index contributed by atoms with van der Waals surface area (Å²) in [5.74, 6) is -16.2. The first-order valence-electron chi connectivity index (χ1n) is 30.8. The van der Waals surface area contributed by atoms with Crippen LogP contribution in [-0.2, 0) is 80.0 Å². The number of fused-ring (bicyclic) bond motifs is 3. The van der Waals surface area contributed by atoms with Crippen LogP contribution in [0, 0.1) is 17.8 Å². The quantitative estimate of drug-likeness (QED) is 0.0597. The predicted octanol–water partition coefficient (Wildman–Crippen LogP) is -1.10. The minimum absolute atomic E-state index is 0.0149. The number of primary amides is 1. The van der Waals surface area contributed by atoms with Crippen molar-refractivity contribution < 1.29 is 77.3 Å². The van der Waals surface area contributed by atoms with Crippen LogP contribution in [-0.4, -0.2) is 182 Å². The summed E-state index contributed by atoms with van der Waals surface area (Å²) >= 11 is 0. The molecule has 2 aliphatic rings. The number of carbonyl (C=O) groups excluding carboxylic acids is 12. The number of aliphatic carboxylic acids is 2. The van der Waals surface area contributed by atoms with Crippen molar-refractivity contribution in [1.82, 2.24) is 68.0 Å². The number of rotatable bonds is 17. The fraction of sp³-hybridized carbons (Fsp3) is 0.516. The van der Waals surface area contributed by atoms with Crippen molar-refractivity contribution in [1.29, 1.82) is 0 Å². The van der Waals surface area contributed by atoms with E-state index in [4.69, 9.17) is 5.73 Å². The molecular formula is C62H84N14O16. The Bertz CT molecular complexity index is 3400. The molecule has 2 aliphatic heterocycles. The van der Waals surface area contributed by atoms with Gasteiger partial charge in [0.25, 0.3) is 0 Å². The molecule has 498 valence electrons. The number of benzene rings is 2. The summed E-state index contributed by atoms with van der Waals surface area (Å²) in [5.41, 5.74) is 7.91. The van der Waals surface area contributed by atoms with E-state index in [-0.39, 0.29) is 44.6 Å². The van der Waals surface area contributed by atoms with Gasteiger partial charge in [0.2, 0.25) is 70.9 Å². The number of nitrogens with two attached hydrogens (primary N) is 1. The van der Waals surface area contributed by atoms with E-state index >= 15 is 0 Å². The van der Waals surface area contributed by atoms with E-state index in [0.717, 1.165) is 0 Å². The molecule has 4 aromatic rings. The summed E-state index contributed by atoms with van der Waals surface area (Å²) in [4.78, 5) is 201. The van der Waals surface area contributed by atoms with Crippen molar-refractivity contribution >= 4 is 105 Å². The van der Waals surface area contributed by atoms with E-state index in [0.29, 0.717) is 45.8 Å². The molecule has 2 aromatic heterocycles. The second-order valence-electron chi connectivity index (χ2n) is 23.8. The van der Waals surface area contributed by atoms with Gasteiger partial charge in [-0.15, -0.1) is 0 Å². The maximum absolute atomic E-state index is 14.7. The molecule has 2 aromatic carbocycles. The molecule has 12 amide bonds. The monoisotopic (exact) mass is 1280 g/mol. The average molecular weight is 1280 g/mol. The predicted molar refractivity (Wildman–Crippen MR) is 332 cm³/mol. The molecule has 30 nitrogen and oxygen atoms in total. The normalized spacial score (nSPS) is 24.3. The Morgan fingerprint density at radius 3 is 1.53 bits per heavy atom. The van der Waals surface area contributed by atoms with Gasteiger partial charge in [0.15, 0.2) is 0 Å². The summed E-state index contributed by atoms with van der Waals surface area (Å²) in [6, 6.07) is -0.0194. The third-order valence-corrected chi connectivity index (χ3v) is 16.4. The van der Waals surface area contributed by atoms with E-state index in [9.17, 15) is 77.3 Å². The lowest BCUT2D eigenvalue weighted by molar-refractivity contribution is -0.144. The lowest BCUT2D eigenvalue weighted by Gasteiger charge is -2.32. The second kappa shape index (κ2) is 33.2. The third kappa shape index (κ3) is 19.8. The van der Waals surface area contributed by atoms with Crippen molar-refractivity contribution in [2.24, 2.45) is 23.5 Å². The highest BCUT2D eigenvalue weighted by molar-refractivity contribution is 6.01. The van der Waals surface area contributed by atoms with Gasteiger partial charge < -0.3 is 84.0 Å². The fourth-order valence-corrected chi connectivity index (χ4v) is 11.0. The Kier molecular flexibility index (Phi) is 25.7. The summed E-state index contributed by atoms with van der Waals surface area (Å²) in [7, 11) is 0. The van der Waals surface area contributed by atoms with Gasteiger partial charge in [-0.2, -0.15) is 0 Å². The van der Waals surface area contributed by atoms with Gasteiger partial charge >= 0.3 is 11.9 Å². The van der Waals surface area contributed by atoms with E-state index in [1.54, 1.807) is 102 Å². The first-order valence-corrected chi connectivity index (χ1v) is 30.8. The Morgan fingerprint density at radius 1 is 0.533 bits per heavy atom. The molecule has 30 heteroatoms. The molecule has 6 rings (SSSR count). The van der Waals surface area contributed by atoms with E-state index < -0.39 is 188 Å². The lowest BCUT2D eigenvalue weighted by Crippen LogP contribution is -2.61. The second-order valence-corrected chi connectivity index (χ2v) is 23.8. The Hall–Kier alpha value is -9.90. The first kappa shape index (κ1) is 71.2. The van der Waals surface area contributed by atoms with Crippen LogP contribution in [0.25, 0.3) is 21.8 Å². The Balaban J connectivity index is 1.39. The van der Waals surface area contributed by atoms with Crippen LogP contribution in [0.15, 0.2) is 60.9 Å². The number of nitrogens with zero attached hydrogens (tertiary/aromatic N) is 1.